The lowest BCUT2D eigenvalue weighted by Crippen LogP contribution is -2.11. The highest BCUT2D eigenvalue weighted by Gasteiger charge is 2.08. The number of benzene rings is 1. The van der Waals surface area contributed by atoms with Crippen molar-refractivity contribution in [3.8, 4) is 11.4 Å². The summed E-state index contributed by atoms with van der Waals surface area (Å²) in [5, 5.41) is 0. The Morgan fingerprint density at radius 1 is 1.28 bits per heavy atom. The van der Waals surface area contributed by atoms with E-state index in [1.807, 2.05) is 13.8 Å². The monoisotopic (exact) mass is 310 g/mol. The Balaban J connectivity index is 2.60. The molecule has 1 heterocycles. The minimum atomic E-state index is -0.378. The Labute approximate surface area is 112 Å². The van der Waals surface area contributed by atoms with E-state index in [-0.39, 0.29) is 17.3 Å². The molecule has 1 aromatic carbocycles. The van der Waals surface area contributed by atoms with Gasteiger partial charge in [-0.25, -0.2) is 9.37 Å². The molecule has 3 nitrogen and oxygen atoms in total. The second kappa shape index (κ2) is 5.02. The van der Waals surface area contributed by atoms with Gasteiger partial charge < -0.3 is 4.98 Å². The molecule has 0 spiro atoms. The van der Waals surface area contributed by atoms with Gasteiger partial charge in [-0.05, 0) is 24.1 Å². The molecule has 2 rings (SSSR count). The van der Waals surface area contributed by atoms with Gasteiger partial charge >= 0.3 is 0 Å². The molecule has 0 radical (unpaired) electrons. The molecule has 1 N–H and O–H groups in total. The number of nitrogens with one attached hydrogen (secondary N) is 1. The van der Waals surface area contributed by atoms with Crippen LogP contribution in [0, 0.1) is 5.82 Å². The number of hydrogen-bond acceptors (Lipinski definition) is 2. The Morgan fingerprint density at radius 2 is 2.00 bits per heavy atom. The van der Waals surface area contributed by atoms with E-state index >= 15 is 0 Å². The second-order valence-electron chi connectivity index (χ2n) is 4.33. The Bertz CT molecular complexity index is 617. The van der Waals surface area contributed by atoms with Gasteiger partial charge in [0.25, 0.3) is 5.56 Å². The van der Waals surface area contributed by atoms with Crippen LogP contribution in [0.1, 0.15) is 25.5 Å². The van der Waals surface area contributed by atoms with E-state index in [1.165, 1.54) is 18.2 Å². The van der Waals surface area contributed by atoms with Crippen LogP contribution < -0.4 is 5.56 Å². The van der Waals surface area contributed by atoms with Crippen molar-refractivity contribution in [1.29, 1.82) is 0 Å². The summed E-state index contributed by atoms with van der Waals surface area (Å²) < 4.78 is 13.9. The third kappa shape index (κ3) is 2.85. The molecule has 94 valence electrons. The van der Waals surface area contributed by atoms with Crippen molar-refractivity contribution in [2.45, 2.75) is 19.8 Å². The summed E-state index contributed by atoms with van der Waals surface area (Å²) in [6, 6.07) is 5.87. The van der Waals surface area contributed by atoms with Gasteiger partial charge in [-0.15, -0.1) is 0 Å². The molecule has 0 aliphatic rings. The lowest BCUT2D eigenvalue weighted by atomic mass is 10.1. The van der Waals surface area contributed by atoms with Crippen LogP contribution in [0.15, 0.2) is 33.5 Å². The van der Waals surface area contributed by atoms with Gasteiger partial charge in [-0.2, -0.15) is 0 Å². The molecule has 0 aliphatic heterocycles. The van der Waals surface area contributed by atoms with Crippen LogP contribution in [0.4, 0.5) is 4.39 Å². The molecule has 0 amide bonds. The van der Waals surface area contributed by atoms with Crippen LogP contribution in [-0.2, 0) is 0 Å². The molecule has 18 heavy (non-hydrogen) atoms. The standard InChI is InChI=1S/C13H12BrFN2O/c1-7(2)11-6-12(18)17-13(16-11)8-3-9(14)5-10(15)4-8/h3-7H,1-2H3,(H,16,17,18). The van der Waals surface area contributed by atoms with Crippen molar-refractivity contribution in [3.63, 3.8) is 0 Å². The summed E-state index contributed by atoms with van der Waals surface area (Å²) in [5.41, 5.74) is 1.000. The summed E-state index contributed by atoms with van der Waals surface area (Å²) in [5.74, 6) is 0.145. The van der Waals surface area contributed by atoms with Gasteiger partial charge in [0, 0.05) is 16.1 Å². The average molecular weight is 311 g/mol. The molecule has 1 aromatic heterocycles. The smallest absolute Gasteiger partial charge is 0.251 e. The van der Waals surface area contributed by atoms with Crippen molar-refractivity contribution < 1.29 is 4.39 Å². The number of halogens is 2. The zero-order valence-electron chi connectivity index (χ0n) is 10.00. The van der Waals surface area contributed by atoms with Crippen molar-refractivity contribution in [3.05, 3.63) is 50.6 Å². The first kappa shape index (κ1) is 13.0. The first-order valence-corrected chi connectivity index (χ1v) is 6.33. The lowest BCUT2D eigenvalue weighted by Gasteiger charge is -2.07. The first-order valence-electron chi connectivity index (χ1n) is 5.53. The fourth-order valence-corrected chi connectivity index (χ4v) is 2.06. The molecule has 0 fully saturated rings. The van der Waals surface area contributed by atoms with Crippen molar-refractivity contribution in [2.24, 2.45) is 0 Å². The van der Waals surface area contributed by atoms with Crippen LogP contribution >= 0.6 is 15.9 Å². The first-order chi connectivity index (χ1) is 8.45. The van der Waals surface area contributed by atoms with Gasteiger partial charge in [0.1, 0.15) is 11.6 Å². The van der Waals surface area contributed by atoms with Crippen LogP contribution in [0.2, 0.25) is 0 Å². The van der Waals surface area contributed by atoms with Gasteiger partial charge in [-0.3, -0.25) is 4.79 Å². The van der Waals surface area contributed by atoms with E-state index < -0.39 is 0 Å². The lowest BCUT2D eigenvalue weighted by molar-refractivity contribution is 0.627. The highest BCUT2D eigenvalue weighted by Crippen LogP contribution is 2.22. The van der Waals surface area contributed by atoms with Crippen LogP contribution in [0.5, 0.6) is 0 Å². The summed E-state index contributed by atoms with van der Waals surface area (Å²) in [6.07, 6.45) is 0. The van der Waals surface area contributed by atoms with E-state index in [4.69, 9.17) is 0 Å². The average Bonchev–Trinajstić information content (AvgIpc) is 2.26. The predicted molar refractivity (Wildman–Crippen MR) is 72.0 cm³/mol. The third-order valence-electron chi connectivity index (χ3n) is 2.49. The zero-order chi connectivity index (χ0) is 13.3. The fraction of sp³-hybridized carbons (Fsp3) is 0.231. The molecule has 0 aliphatic carbocycles. The molecular formula is C13H12BrFN2O. The Kier molecular flexibility index (Phi) is 3.61. The number of nitrogens with zero attached hydrogens (tertiary/aromatic N) is 1. The van der Waals surface area contributed by atoms with E-state index in [9.17, 15) is 9.18 Å². The second-order valence-corrected chi connectivity index (χ2v) is 5.25. The van der Waals surface area contributed by atoms with Crippen LogP contribution in [-0.4, -0.2) is 9.97 Å². The molecule has 0 atom stereocenters. The van der Waals surface area contributed by atoms with Crippen LogP contribution in [0.3, 0.4) is 0 Å². The van der Waals surface area contributed by atoms with Crippen molar-refractivity contribution >= 4 is 15.9 Å². The number of aromatic amines is 1. The van der Waals surface area contributed by atoms with Crippen LogP contribution in [0.25, 0.3) is 11.4 Å². The van der Waals surface area contributed by atoms with E-state index in [0.29, 0.717) is 21.6 Å². The molecule has 2 aromatic rings. The Morgan fingerprint density at radius 3 is 2.61 bits per heavy atom. The summed E-state index contributed by atoms with van der Waals surface area (Å²) in [4.78, 5) is 18.5. The summed E-state index contributed by atoms with van der Waals surface area (Å²) in [7, 11) is 0. The van der Waals surface area contributed by atoms with Crippen molar-refractivity contribution in [2.75, 3.05) is 0 Å². The minimum absolute atomic E-state index is 0.142. The number of rotatable bonds is 2. The van der Waals surface area contributed by atoms with Gasteiger partial charge in [0.15, 0.2) is 0 Å². The number of hydrogen-bond donors (Lipinski definition) is 1. The quantitative estimate of drug-likeness (QED) is 0.923. The van der Waals surface area contributed by atoms with Gasteiger partial charge in [-0.1, -0.05) is 29.8 Å². The van der Waals surface area contributed by atoms with E-state index in [0.717, 1.165) is 0 Å². The summed E-state index contributed by atoms with van der Waals surface area (Å²) >= 11 is 3.22. The highest BCUT2D eigenvalue weighted by molar-refractivity contribution is 9.10. The maximum atomic E-state index is 13.3. The normalized spacial score (nSPS) is 10.9. The molecule has 0 bridgehead atoms. The topological polar surface area (TPSA) is 45.8 Å². The third-order valence-corrected chi connectivity index (χ3v) is 2.95. The number of aromatic nitrogens is 2. The molecule has 5 heteroatoms. The zero-order valence-corrected chi connectivity index (χ0v) is 11.6. The minimum Gasteiger partial charge on any atom is -0.307 e. The molecule has 0 saturated heterocycles. The molecule has 0 unspecified atom stereocenters. The molecule has 0 saturated carbocycles. The van der Waals surface area contributed by atoms with E-state index in [2.05, 4.69) is 25.9 Å². The number of H-pyrrole nitrogens is 1. The van der Waals surface area contributed by atoms with Crippen molar-refractivity contribution in [1.82, 2.24) is 9.97 Å². The van der Waals surface area contributed by atoms with Gasteiger partial charge in [0.2, 0.25) is 0 Å². The maximum absolute atomic E-state index is 13.3. The van der Waals surface area contributed by atoms with E-state index in [1.54, 1.807) is 6.07 Å². The van der Waals surface area contributed by atoms with Gasteiger partial charge in [0.05, 0.1) is 5.69 Å². The predicted octanol–water partition coefficient (Wildman–Crippen LogP) is 3.46. The largest absolute Gasteiger partial charge is 0.307 e. The highest BCUT2D eigenvalue weighted by atomic mass is 79.9. The summed E-state index contributed by atoms with van der Waals surface area (Å²) in [6.45, 7) is 3.90. The maximum Gasteiger partial charge on any atom is 0.251 e. The molecular weight excluding hydrogens is 299 g/mol. The fourth-order valence-electron chi connectivity index (χ4n) is 1.60. The SMILES string of the molecule is CC(C)c1cc(=O)[nH]c(-c2cc(F)cc(Br)c2)n1. The Hall–Kier alpha value is -1.49.